The lowest BCUT2D eigenvalue weighted by Crippen LogP contribution is -2.46. The fourth-order valence-corrected chi connectivity index (χ4v) is 1.43. The van der Waals surface area contributed by atoms with Gasteiger partial charge in [0.25, 0.3) is 0 Å². The third-order valence-corrected chi connectivity index (χ3v) is 2.31. The van der Waals surface area contributed by atoms with Crippen LogP contribution in [-0.4, -0.2) is 17.6 Å². The minimum absolute atomic E-state index is 0.623. The average Bonchev–Trinajstić information content (AvgIpc) is 2.19. The zero-order valence-electron chi connectivity index (χ0n) is 8.45. The number of benzene rings is 1. The van der Waals surface area contributed by atoms with Gasteiger partial charge in [-0.05, 0) is 19.0 Å². The second kappa shape index (κ2) is 4.24. The minimum atomic E-state index is -0.990. The zero-order chi connectivity index (χ0) is 10.6. The predicted molar refractivity (Wildman–Crippen MR) is 55.1 cm³/mol. The van der Waals surface area contributed by atoms with Crippen LogP contribution < -0.4 is 5.32 Å². The molecule has 0 aliphatic heterocycles. The molecule has 0 spiro atoms. The van der Waals surface area contributed by atoms with Crippen LogP contribution in [0, 0.1) is 0 Å². The topological polar surface area (TPSA) is 49.3 Å². The number of hydrogen-bond donors (Lipinski definition) is 2. The van der Waals surface area contributed by atoms with Gasteiger partial charge in [0.2, 0.25) is 0 Å². The first-order valence-electron chi connectivity index (χ1n) is 4.65. The first-order valence-corrected chi connectivity index (χ1v) is 4.65. The molecule has 1 atom stereocenters. The van der Waals surface area contributed by atoms with Crippen LogP contribution in [-0.2, 0) is 10.3 Å². The summed E-state index contributed by atoms with van der Waals surface area (Å²) in [6.07, 6.45) is 0. The summed E-state index contributed by atoms with van der Waals surface area (Å²) in [4.78, 5) is 11.1. The standard InChI is InChI=1S/C11H15NO2/c1-3-12-11(2,10(13)14)9-7-5-4-6-8-9/h4-8,12H,3H2,1-2H3,(H,13,14). The van der Waals surface area contributed by atoms with E-state index in [1.165, 1.54) is 0 Å². The van der Waals surface area contributed by atoms with Gasteiger partial charge in [0.1, 0.15) is 5.54 Å². The minimum Gasteiger partial charge on any atom is -0.480 e. The number of carboxylic acid groups (broad SMARTS) is 1. The van der Waals surface area contributed by atoms with E-state index >= 15 is 0 Å². The number of rotatable bonds is 4. The Morgan fingerprint density at radius 3 is 2.43 bits per heavy atom. The number of nitrogens with one attached hydrogen (secondary N) is 1. The van der Waals surface area contributed by atoms with Crippen LogP contribution in [0.5, 0.6) is 0 Å². The number of carboxylic acids is 1. The summed E-state index contributed by atoms with van der Waals surface area (Å²) in [5.41, 5.74) is -0.218. The molecule has 3 nitrogen and oxygen atoms in total. The maximum Gasteiger partial charge on any atom is 0.328 e. The molecule has 0 aliphatic rings. The summed E-state index contributed by atoms with van der Waals surface area (Å²) in [6, 6.07) is 9.19. The van der Waals surface area contributed by atoms with Gasteiger partial charge >= 0.3 is 5.97 Å². The van der Waals surface area contributed by atoms with Crippen LogP contribution in [0.4, 0.5) is 0 Å². The molecule has 3 heteroatoms. The van der Waals surface area contributed by atoms with Crippen molar-refractivity contribution < 1.29 is 9.90 Å². The van der Waals surface area contributed by atoms with Crippen molar-refractivity contribution >= 4 is 5.97 Å². The summed E-state index contributed by atoms with van der Waals surface area (Å²) in [5.74, 6) is -0.856. The summed E-state index contributed by atoms with van der Waals surface area (Å²) in [5, 5.41) is 12.1. The van der Waals surface area contributed by atoms with Crippen molar-refractivity contribution in [3.8, 4) is 0 Å². The third kappa shape index (κ3) is 1.93. The smallest absolute Gasteiger partial charge is 0.328 e. The molecule has 0 heterocycles. The molecule has 0 radical (unpaired) electrons. The van der Waals surface area contributed by atoms with E-state index in [2.05, 4.69) is 5.32 Å². The highest BCUT2D eigenvalue weighted by Crippen LogP contribution is 2.20. The van der Waals surface area contributed by atoms with E-state index in [9.17, 15) is 4.79 Å². The van der Waals surface area contributed by atoms with Crippen LogP contribution in [0.15, 0.2) is 30.3 Å². The first-order chi connectivity index (χ1) is 6.61. The van der Waals surface area contributed by atoms with Gasteiger partial charge in [-0.1, -0.05) is 37.3 Å². The Labute approximate surface area is 83.8 Å². The molecule has 1 rings (SSSR count). The van der Waals surface area contributed by atoms with Gasteiger partial charge in [-0.3, -0.25) is 5.32 Å². The summed E-state index contributed by atoms with van der Waals surface area (Å²) in [6.45, 7) is 4.19. The van der Waals surface area contributed by atoms with Crippen molar-refractivity contribution in [2.45, 2.75) is 19.4 Å². The van der Waals surface area contributed by atoms with E-state index in [0.717, 1.165) is 5.56 Å². The van der Waals surface area contributed by atoms with E-state index in [1.807, 2.05) is 37.3 Å². The van der Waals surface area contributed by atoms with E-state index in [-0.39, 0.29) is 0 Å². The molecular weight excluding hydrogens is 178 g/mol. The van der Waals surface area contributed by atoms with E-state index in [0.29, 0.717) is 6.54 Å². The van der Waals surface area contributed by atoms with Gasteiger partial charge in [0.05, 0.1) is 0 Å². The molecule has 0 saturated carbocycles. The van der Waals surface area contributed by atoms with Gasteiger partial charge in [-0.2, -0.15) is 0 Å². The van der Waals surface area contributed by atoms with Crippen LogP contribution in [0.1, 0.15) is 19.4 Å². The molecule has 1 aromatic rings. The van der Waals surface area contributed by atoms with Crippen molar-refractivity contribution in [1.82, 2.24) is 5.32 Å². The maximum atomic E-state index is 11.1. The summed E-state index contributed by atoms with van der Waals surface area (Å²) < 4.78 is 0. The average molecular weight is 193 g/mol. The molecule has 0 aliphatic carbocycles. The van der Waals surface area contributed by atoms with Crippen molar-refractivity contribution in [3.05, 3.63) is 35.9 Å². The van der Waals surface area contributed by atoms with Crippen molar-refractivity contribution in [2.24, 2.45) is 0 Å². The number of aliphatic carboxylic acids is 1. The van der Waals surface area contributed by atoms with Crippen molar-refractivity contribution in [1.29, 1.82) is 0 Å². The molecule has 2 N–H and O–H groups in total. The first kappa shape index (κ1) is 10.7. The van der Waals surface area contributed by atoms with Crippen LogP contribution in [0.3, 0.4) is 0 Å². The second-order valence-corrected chi connectivity index (χ2v) is 3.33. The summed E-state index contributed by atoms with van der Waals surface area (Å²) >= 11 is 0. The highest BCUT2D eigenvalue weighted by atomic mass is 16.4. The van der Waals surface area contributed by atoms with Gasteiger partial charge in [-0.25, -0.2) is 4.79 Å². The molecule has 0 fully saturated rings. The molecule has 0 amide bonds. The highest BCUT2D eigenvalue weighted by Gasteiger charge is 2.33. The number of hydrogen-bond acceptors (Lipinski definition) is 2. The normalized spacial score (nSPS) is 14.7. The molecule has 76 valence electrons. The summed E-state index contributed by atoms with van der Waals surface area (Å²) in [7, 11) is 0. The van der Waals surface area contributed by atoms with Crippen LogP contribution >= 0.6 is 0 Å². The fourth-order valence-electron chi connectivity index (χ4n) is 1.43. The Morgan fingerprint density at radius 1 is 1.43 bits per heavy atom. The Balaban J connectivity index is 3.06. The van der Waals surface area contributed by atoms with E-state index in [1.54, 1.807) is 6.92 Å². The molecule has 14 heavy (non-hydrogen) atoms. The van der Waals surface area contributed by atoms with Gasteiger partial charge in [-0.15, -0.1) is 0 Å². The Hall–Kier alpha value is -1.35. The predicted octanol–water partition coefficient (Wildman–Crippen LogP) is 1.60. The third-order valence-electron chi connectivity index (χ3n) is 2.31. The van der Waals surface area contributed by atoms with Gasteiger partial charge in [0.15, 0.2) is 0 Å². The quantitative estimate of drug-likeness (QED) is 0.763. The zero-order valence-corrected chi connectivity index (χ0v) is 8.45. The van der Waals surface area contributed by atoms with E-state index in [4.69, 9.17) is 5.11 Å². The lowest BCUT2D eigenvalue weighted by molar-refractivity contribution is -0.144. The Morgan fingerprint density at radius 2 is 2.00 bits per heavy atom. The lowest BCUT2D eigenvalue weighted by Gasteiger charge is -2.26. The molecule has 0 aromatic heterocycles. The Bertz CT molecular complexity index is 310. The van der Waals surface area contributed by atoms with Gasteiger partial charge in [0, 0.05) is 0 Å². The van der Waals surface area contributed by atoms with Crippen molar-refractivity contribution in [2.75, 3.05) is 6.54 Å². The lowest BCUT2D eigenvalue weighted by atomic mass is 9.92. The molecule has 0 saturated heterocycles. The van der Waals surface area contributed by atoms with E-state index < -0.39 is 11.5 Å². The largest absolute Gasteiger partial charge is 0.480 e. The molecular formula is C11H15NO2. The Kier molecular flexibility index (Phi) is 3.25. The SMILES string of the molecule is CCNC(C)(C(=O)O)c1ccccc1. The number of likely N-dealkylation sites (N-methyl/N-ethyl adjacent to an activating group) is 1. The monoisotopic (exact) mass is 193 g/mol. The number of carbonyl (C=O) groups is 1. The second-order valence-electron chi connectivity index (χ2n) is 3.33. The van der Waals surface area contributed by atoms with Crippen molar-refractivity contribution in [3.63, 3.8) is 0 Å². The molecule has 0 bridgehead atoms. The van der Waals surface area contributed by atoms with Gasteiger partial charge < -0.3 is 5.11 Å². The molecule has 1 unspecified atom stereocenters. The van der Waals surface area contributed by atoms with Crippen LogP contribution in [0.2, 0.25) is 0 Å². The fraction of sp³-hybridized carbons (Fsp3) is 0.364. The molecule has 1 aromatic carbocycles. The van der Waals surface area contributed by atoms with Crippen LogP contribution in [0.25, 0.3) is 0 Å². The maximum absolute atomic E-state index is 11.1. The highest BCUT2D eigenvalue weighted by molar-refractivity contribution is 5.80.